The van der Waals surface area contributed by atoms with Crippen molar-refractivity contribution < 1.29 is 17.6 Å². The summed E-state index contributed by atoms with van der Waals surface area (Å²) in [6.45, 7) is 4.72. The highest BCUT2D eigenvalue weighted by molar-refractivity contribution is 7.89. The van der Waals surface area contributed by atoms with Crippen LogP contribution in [0.15, 0.2) is 29.2 Å². The van der Waals surface area contributed by atoms with E-state index in [1.165, 1.54) is 23.4 Å². The van der Waals surface area contributed by atoms with Crippen LogP contribution in [0.3, 0.4) is 0 Å². The minimum absolute atomic E-state index is 0.0717. The third-order valence-electron chi connectivity index (χ3n) is 3.58. The summed E-state index contributed by atoms with van der Waals surface area (Å²) in [7, 11) is -3.57. The van der Waals surface area contributed by atoms with Crippen LogP contribution >= 0.6 is 0 Å². The maximum atomic E-state index is 12.9. The second-order valence-corrected chi connectivity index (χ2v) is 7.12. The molecule has 1 saturated heterocycles. The second kappa shape index (κ2) is 7.17. The first-order valence-electron chi connectivity index (χ1n) is 7.12. The van der Waals surface area contributed by atoms with Crippen molar-refractivity contribution >= 4 is 15.9 Å². The van der Waals surface area contributed by atoms with Gasteiger partial charge in [0.15, 0.2) is 0 Å². The zero-order chi connectivity index (χ0) is 16.2. The lowest BCUT2D eigenvalue weighted by atomic mass is 10.3. The van der Waals surface area contributed by atoms with Crippen molar-refractivity contribution in [2.24, 2.45) is 0 Å². The summed E-state index contributed by atoms with van der Waals surface area (Å²) in [5, 5.41) is 2.72. The van der Waals surface area contributed by atoms with Gasteiger partial charge in [0.2, 0.25) is 15.9 Å². The first-order valence-corrected chi connectivity index (χ1v) is 8.56. The number of nitrogens with zero attached hydrogens (tertiary/aromatic N) is 2. The van der Waals surface area contributed by atoms with E-state index in [0.29, 0.717) is 39.3 Å². The fourth-order valence-electron chi connectivity index (χ4n) is 2.34. The summed E-state index contributed by atoms with van der Waals surface area (Å²) in [6, 6.07) is 4.87. The fraction of sp³-hybridized carbons (Fsp3) is 0.500. The molecule has 0 unspecified atom stereocenters. The van der Waals surface area contributed by atoms with Gasteiger partial charge in [-0.25, -0.2) is 12.8 Å². The Labute approximate surface area is 130 Å². The molecule has 1 aromatic carbocycles. The predicted molar refractivity (Wildman–Crippen MR) is 80.3 cm³/mol. The van der Waals surface area contributed by atoms with E-state index in [9.17, 15) is 17.6 Å². The molecule has 0 radical (unpaired) electrons. The highest BCUT2D eigenvalue weighted by Crippen LogP contribution is 2.17. The number of benzene rings is 1. The Hall–Kier alpha value is -1.51. The lowest BCUT2D eigenvalue weighted by Gasteiger charge is -2.33. The van der Waals surface area contributed by atoms with Crippen molar-refractivity contribution in [1.82, 2.24) is 14.5 Å². The predicted octanol–water partition coefficient (Wildman–Crippen LogP) is 0.268. The topological polar surface area (TPSA) is 69.7 Å². The Bertz CT molecular complexity index is 611. The zero-order valence-electron chi connectivity index (χ0n) is 12.5. The van der Waals surface area contributed by atoms with Crippen LogP contribution in [0.2, 0.25) is 0 Å². The molecule has 22 heavy (non-hydrogen) atoms. The monoisotopic (exact) mass is 329 g/mol. The number of sulfonamides is 1. The molecule has 0 saturated carbocycles. The molecule has 2 rings (SSSR count). The molecular weight excluding hydrogens is 309 g/mol. The molecule has 0 spiro atoms. The third-order valence-corrected chi connectivity index (χ3v) is 5.50. The minimum Gasteiger partial charge on any atom is -0.355 e. The van der Waals surface area contributed by atoms with Gasteiger partial charge in [-0.1, -0.05) is 0 Å². The molecule has 6 nitrogen and oxygen atoms in total. The first-order chi connectivity index (χ1) is 10.4. The average Bonchev–Trinajstić information content (AvgIpc) is 2.48. The number of hydrogen-bond donors (Lipinski definition) is 1. The van der Waals surface area contributed by atoms with E-state index in [4.69, 9.17) is 0 Å². The number of rotatable bonds is 5. The van der Waals surface area contributed by atoms with Crippen LogP contribution in [0.1, 0.15) is 6.92 Å². The summed E-state index contributed by atoms with van der Waals surface area (Å²) in [6.07, 6.45) is 0. The molecule has 1 N–H and O–H groups in total. The quantitative estimate of drug-likeness (QED) is 0.842. The zero-order valence-corrected chi connectivity index (χ0v) is 13.3. The standard InChI is InChI=1S/C14H20FN3O3S/c1-12(19)16-6-7-17-8-10-18(11-9-17)22(20,21)14-4-2-13(15)3-5-14/h2-5H,6-11H2,1H3,(H,16,19). The summed E-state index contributed by atoms with van der Waals surface area (Å²) < 4.78 is 39.2. The molecule has 8 heteroatoms. The van der Waals surface area contributed by atoms with Gasteiger partial charge in [0.1, 0.15) is 5.82 Å². The molecule has 1 heterocycles. The van der Waals surface area contributed by atoms with E-state index in [1.807, 2.05) is 0 Å². The van der Waals surface area contributed by atoms with Gasteiger partial charge in [0.25, 0.3) is 0 Å². The molecule has 1 fully saturated rings. The number of amides is 1. The molecule has 122 valence electrons. The lowest BCUT2D eigenvalue weighted by Crippen LogP contribution is -2.50. The highest BCUT2D eigenvalue weighted by Gasteiger charge is 2.28. The molecule has 1 amide bonds. The van der Waals surface area contributed by atoms with Crippen molar-refractivity contribution in [2.45, 2.75) is 11.8 Å². The highest BCUT2D eigenvalue weighted by atomic mass is 32.2. The van der Waals surface area contributed by atoms with E-state index in [1.54, 1.807) is 0 Å². The first kappa shape index (κ1) is 16.9. The number of nitrogens with one attached hydrogen (secondary N) is 1. The van der Waals surface area contributed by atoms with Crippen LogP contribution in [0.25, 0.3) is 0 Å². The van der Waals surface area contributed by atoms with Gasteiger partial charge in [-0.15, -0.1) is 0 Å². The van der Waals surface area contributed by atoms with Gasteiger partial charge in [0, 0.05) is 46.2 Å². The Kier molecular flexibility index (Phi) is 5.49. The SMILES string of the molecule is CC(=O)NCCN1CCN(S(=O)(=O)c2ccc(F)cc2)CC1. The summed E-state index contributed by atoms with van der Waals surface area (Å²) >= 11 is 0. The van der Waals surface area contributed by atoms with Crippen LogP contribution in [-0.4, -0.2) is 62.8 Å². The summed E-state index contributed by atoms with van der Waals surface area (Å²) in [4.78, 5) is 13.0. The van der Waals surface area contributed by atoms with Crippen LogP contribution in [0.4, 0.5) is 4.39 Å². The lowest BCUT2D eigenvalue weighted by molar-refractivity contribution is -0.119. The van der Waals surface area contributed by atoms with E-state index >= 15 is 0 Å². The second-order valence-electron chi connectivity index (χ2n) is 5.18. The Morgan fingerprint density at radius 3 is 2.32 bits per heavy atom. The molecule has 0 aromatic heterocycles. The van der Waals surface area contributed by atoms with Gasteiger partial charge >= 0.3 is 0 Å². The van der Waals surface area contributed by atoms with E-state index < -0.39 is 15.8 Å². The number of carbonyl (C=O) groups is 1. The van der Waals surface area contributed by atoms with E-state index in [0.717, 1.165) is 12.1 Å². The third kappa shape index (κ3) is 4.25. The van der Waals surface area contributed by atoms with Gasteiger partial charge in [-0.3, -0.25) is 9.69 Å². The Balaban J connectivity index is 1.90. The summed E-state index contributed by atoms with van der Waals surface area (Å²) in [5.74, 6) is -0.528. The van der Waals surface area contributed by atoms with Crippen LogP contribution < -0.4 is 5.32 Å². The Morgan fingerprint density at radius 1 is 1.18 bits per heavy atom. The minimum atomic E-state index is -3.57. The van der Waals surface area contributed by atoms with Crippen LogP contribution in [0, 0.1) is 5.82 Å². The largest absolute Gasteiger partial charge is 0.355 e. The van der Waals surface area contributed by atoms with E-state index in [-0.39, 0.29) is 10.8 Å². The molecule has 0 atom stereocenters. The van der Waals surface area contributed by atoms with Gasteiger partial charge < -0.3 is 5.32 Å². The van der Waals surface area contributed by atoms with Crippen LogP contribution in [0.5, 0.6) is 0 Å². The molecule has 0 bridgehead atoms. The molecule has 1 aliphatic heterocycles. The summed E-state index contributed by atoms with van der Waals surface area (Å²) in [5.41, 5.74) is 0. The molecule has 1 aromatic rings. The van der Waals surface area contributed by atoms with Gasteiger partial charge in [0.05, 0.1) is 4.90 Å². The van der Waals surface area contributed by atoms with Crippen molar-refractivity contribution in [3.8, 4) is 0 Å². The van der Waals surface area contributed by atoms with Gasteiger partial charge in [-0.2, -0.15) is 4.31 Å². The van der Waals surface area contributed by atoms with Gasteiger partial charge in [-0.05, 0) is 24.3 Å². The van der Waals surface area contributed by atoms with E-state index in [2.05, 4.69) is 10.2 Å². The normalized spacial score (nSPS) is 17.4. The smallest absolute Gasteiger partial charge is 0.243 e. The van der Waals surface area contributed by atoms with Crippen molar-refractivity contribution in [2.75, 3.05) is 39.3 Å². The fourth-order valence-corrected chi connectivity index (χ4v) is 3.76. The molecule has 0 aliphatic carbocycles. The maximum absolute atomic E-state index is 12.9. The molecular formula is C14H20FN3O3S. The molecule has 1 aliphatic rings. The average molecular weight is 329 g/mol. The van der Waals surface area contributed by atoms with Crippen molar-refractivity contribution in [3.05, 3.63) is 30.1 Å². The maximum Gasteiger partial charge on any atom is 0.243 e. The number of hydrogen-bond acceptors (Lipinski definition) is 4. The number of halogens is 1. The van der Waals surface area contributed by atoms with Crippen molar-refractivity contribution in [3.63, 3.8) is 0 Å². The number of carbonyl (C=O) groups excluding carboxylic acids is 1. The Morgan fingerprint density at radius 2 is 1.77 bits per heavy atom. The van der Waals surface area contributed by atoms with Crippen LogP contribution in [-0.2, 0) is 14.8 Å². The number of piperazine rings is 1. The van der Waals surface area contributed by atoms with Crippen molar-refractivity contribution in [1.29, 1.82) is 0 Å².